The molecule has 0 amide bonds. The molecule has 74 valence electrons. The summed E-state index contributed by atoms with van der Waals surface area (Å²) in [6, 6.07) is 0. The van der Waals surface area contributed by atoms with Gasteiger partial charge in [0, 0.05) is 5.92 Å². The van der Waals surface area contributed by atoms with Crippen LogP contribution in [0.5, 0.6) is 0 Å². The van der Waals surface area contributed by atoms with Crippen molar-refractivity contribution in [3.05, 3.63) is 0 Å². The molecule has 0 spiro atoms. The molecule has 13 heavy (non-hydrogen) atoms. The summed E-state index contributed by atoms with van der Waals surface area (Å²) in [5.41, 5.74) is 0. The molecule has 0 unspecified atom stereocenters. The van der Waals surface area contributed by atoms with E-state index in [0.29, 0.717) is 12.8 Å². The molecule has 0 radical (unpaired) electrons. The molecule has 4 nitrogen and oxygen atoms in total. The Kier molecular flexibility index (Phi) is 2.33. The summed E-state index contributed by atoms with van der Waals surface area (Å²) in [7, 11) is 0. The fraction of sp³-hybridized carbons (Fsp3) is 0.875. The largest absolute Gasteiger partial charge is 0.459 e. The molecule has 0 aromatic rings. The zero-order valence-corrected chi connectivity index (χ0v) is 8.48. The van der Waals surface area contributed by atoms with E-state index in [2.05, 4.69) is 15.9 Å². The fourth-order valence-electron chi connectivity index (χ4n) is 2.01. The third-order valence-corrected chi connectivity index (χ3v) is 3.93. The van der Waals surface area contributed by atoms with E-state index in [1.54, 1.807) is 0 Å². The number of halogens is 1. The number of aliphatic hydroxyl groups is 2. The second kappa shape index (κ2) is 3.22. The van der Waals surface area contributed by atoms with Gasteiger partial charge in [-0.05, 0) is 12.8 Å². The zero-order valence-electron chi connectivity index (χ0n) is 6.89. The van der Waals surface area contributed by atoms with E-state index in [1.807, 2.05) is 0 Å². The molecular weight excluding hydrogens is 240 g/mol. The van der Waals surface area contributed by atoms with Gasteiger partial charge in [-0.1, -0.05) is 15.9 Å². The predicted molar refractivity (Wildman–Crippen MR) is 47.3 cm³/mol. The summed E-state index contributed by atoms with van der Waals surface area (Å²) in [6.07, 6.45) is -0.617. The van der Waals surface area contributed by atoms with Crippen LogP contribution in [-0.2, 0) is 9.53 Å². The topological polar surface area (TPSA) is 66.8 Å². The van der Waals surface area contributed by atoms with Crippen molar-refractivity contribution in [1.29, 1.82) is 0 Å². The van der Waals surface area contributed by atoms with Gasteiger partial charge in [0.1, 0.15) is 6.10 Å². The first-order valence-electron chi connectivity index (χ1n) is 4.32. The number of hydrogen-bond donors (Lipinski definition) is 2. The molecule has 1 aliphatic heterocycles. The molecule has 2 aliphatic rings. The summed E-state index contributed by atoms with van der Waals surface area (Å²) in [5.74, 6) is -0.714. The summed E-state index contributed by atoms with van der Waals surface area (Å²) in [5, 5.41) is 18.9. The first-order valence-corrected chi connectivity index (χ1v) is 5.23. The van der Waals surface area contributed by atoms with Crippen molar-refractivity contribution in [2.24, 2.45) is 5.92 Å². The van der Waals surface area contributed by atoms with Crippen molar-refractivity contribution in [2.45, 2.75) is 36.0 Å². The normalized spacial score (nSPS) is 50.1. The fourth-order valence-corrected chi connectivity index (χ4v) is 2.77. The molecule has 2 fully saturated rings. The maximum atomic E-state index is 11.0. The monoisotopic (exact) mass is 250 g/mol. The smallest absolute Gasteiger partial charge is 0.335 e. The minimum atomic E-state index is -1.00. The van der Waals surface area contributed by atoms with Crippen LogP contribution in [-0.4, -0.2) is 39.3 Å². The maximum absolute atomic E-state index is 11.0. The molecule has 2 N–H and O–H groups in total. The number of aliphatic hydroxyl groups excluding tert-OH is 2. The predicted octanol–water partition coefficient (Wildman–Crippen LogP) is -0.193. The molecule has 1 heterocycles. The van der Waals surface area contributed by atoms with E-state index < -0.39 is 18.2 Å². The highest BCUT2D eigenvalue weighted by molar-refractivity contribution is 9.09. The Bertz CT molecular complexity index is 232. The van der Waals surface area contributed by atoms with Crippen LogP contribution < -0.4 is 0 Å². The lowest BCUT2D eigenvalue weighted by molar-refractivity contribution is -0.147. The highest BCUT2D eigenvalue weighted by Crippen LogP contribution is 2.38. The van der Waals surface area contributed by atoms with Gasteiger partial charge in [0.15, 0.2) is 6.10 Å². The van der Waals surface area contributed by atoms with Gasteiger partial charge in [-0.3, -0.25) is 0 Å². The van der Waals surface area contributed by atoms with Crippen LogP contribution in [0.4, 0.5) is 0 Å². The average molecular weight is 251 g/mol. The van der Waals surface area contributed by atoms with Crippen LogP contribution in [0.25, 0.3) is 0 Å². The van der Waals surface area contributed by atoms with Gasteiger partial charge in [0.25, 0.3) is 0 Å². The number of ether oxygens (including phenoxy) is 1. The molecule has 5 atom stereocenters. The summed E-state index contributed by atoms with van der Waals surface area (Å²) >= 11 is 3.28. The standard InChI is InChI=1S/C8H11BrO4/c9-5-4(10)2-1-3-6(11)8(12)13-7(3)5/h3-7,10-11H,1-2H2/t3-,4+,5-,6-,7+/m0/s1. The number of hydrogen-bond acceptors (Lipinski definition) is 4. The van der Waals surface area contributed by atoms with Crippen LogP contribution in [0.1, 0.15) is 12.8 Å². The van der Waals surface area contributed by atoms with Gasteiger partial charge in [0.2, 0.25) is 0 Å². The Morgan fingerprint density at radius 2 is 2.08 bits per heavy atom. The summed E-state index contributed by atoms with van der Waals surface area (Å²) < 4.78 is 4.96. The third kappa shape index (κ3) is 1.39. The van der Waals surface area contributed by atoms with Crippen molar-refractivity contribution >= 4 is 21.9 Å². The van der Waals surface area contributed by atoms with Crippen LogP contribution in [0.15, 0.2) is 0 Å². The van der Waals surface area contributed by atoms with Gasteiger partial charge in [-0.2, -0.15) is 0 Å². The van der Waals surface area contributed by atoms with E-state index in [-0.39, 0.29) is 16.8 Å². The van der Waals surface area contributed by atoms with Crippen molar-refractivity contribution in [3.63, 3.8) is 0 Å². The van der Waals surface area contributed by atoms with E-state index in [4.69, 9.17) is 4.74 Å². The van der Waals surface area contributed by atoms with Crippen molar-refractivity contribution in [2.75, 3.05) is 0 Å². The second-order valence-electron chi connectivity index (χ2n) is 3.60. The van der Waals surface area contributed by atoms with Crippen LogP contribution in [0.3, 0.4) is 0 Å². The molecule has 1 saturated heterocycles. The number of rotatable bonds is 0. The van der Waals surface area contributed by atoms with E-state index >= 15 is 0 Å². The lowest BCUT2D eigenvalue weighted by atomic mass is 9.83. The summed E-state index contributed by atoms with van der Waals surface area (Å²) in [6.45, 7) is 0. The van der Waals surface area contributed by atoms with Gasteiger partial charge in [-0.25, -0.2) is 4.79 Å². The third-order valence-electron chi connectivity index (χ3n) is 2.80. The van der Waals surface area contributed by atoms with Crippen molar-refractivity contribution < 1.29 is 19.7 Å². The first-order chi connectivity index (χ1) is 6.11. The highest BCUT2D eigenvalue weighted by atomic mass is 79.9. The molecule has 1 aliphatic carbocycles. The minimum Gasteiger partial charge on any atom is -0.459 e. The zero-order chi connectivity index (χ0) is 9.59. The number of carbonyl (C=O) groups is 1. The van der Waals surface area contributed by atoms with Crippen molar-refractivity contribution in [3.8, 4) is 0 Å². The number of fused-ring (bicyclic) bond motifs is 1. The van der Waals surface area contributed by atoms with Crippen molar-refractivity contribution in [1.82, 2.24) is 0 Å². The van der Waals surface area contributed by atoms with E-state index in [9.17, 15) is 15.0 Å². The van der Waals surface area contributed by atoms with E-state index in [0.717, 1.165) is 0 Å². The molecule has 5 heteroatoms. The Balaban J connectivity index is 2.17. The van der Waals surface area contributed by atoms with Gasteiger partial charge in [0.05, 0.1) is 10.9 Å². The van der Waals surface area contributed by atoms with Gasteiger partial charge >= 0.3 is 5.97 Å². The molecule has 0 aromatic heterocycles. The Morgan fingerprint density at radius 1 is 1.38 bits per heavy atom. The molecule has 2 rings (SSSR count). The van der Waals surface area contributed by atoms with Crippen LogP contribution >= 0.6 is 15.9 Å². The van der Waals surface area contributed by atoms with Crippen LogP contribution in [0.2, 0.25) is 0 Å². The highest BCUT2D eigenvalue weighted by Gasteiger charge is 2.50. The SMILES string of the molecule is O=C1O[C@H]2[C@@H](Br)[C@H](O)CC[C@H]2[C@@H]1O. The second-order valence-corrected chi connectivity index (χ2v) is 4.66. The van der Waals surface area contributed by atoms with Gasteiger partial charge in [-0.15, -0.1) is 0 Å². The minimum absolute atomic E-state index is 0.153. The Morgan fingerprint density at radius 3 is 2.77 bits per heavy atom. The Labute approximate surface area is 84.0 Å². The summed E-state index contributed by atoms with van der Waals surface area (Å²) in [4.78, 5) is 10.8. The number of carbonyl (C=O) groups excluding carboxylic acids is 1. The number of esters is 1. The molecular formula is C8H11BrO4. The average Bonchev–Trinajstić information content (AvgIpc) is 2.38. The Hall–Kier alpha value is -0.130. The molecule has 0 aromatic carbocycles. The molecule has 1 saturated carbocycles. The maximum Gasteiger partial charge on any atom is 0.335 e. The van der Waals surface area contributed by atoms with Crippen LogP contribution in [0, 0.1) is 5.92 Å². The number of alkyl halides is 1. The van der Waals surface area contributed by atoms with E-state index in [1.165, 1.54) is 0 Å². The van der Waals surface area contributed by atoms with Gasteiger partial charge < -0.3 is 14.9 Å². The quantitative estimate of drug-likeness (QED) is 0.462. The first kappa shape index (κ1) is 9.43. The lowest BCUT2D eigenvalue weighted by Gasteiger charge is -2.32. The molecule has 0 bridgehead atoms. The lowest BCUT2D eigenvalue weighted by Crippen LogP contribution is -2.43.